The van der Waals surface area contributed by atoms with E-state index >= 15 is 0 Å². The molecule has 1 aliphatic rings. The minimum atomic E-state index is -0.348. The second-order valence-electron chi connectivity index (χ2n) is 5.75. The molecule has 2 aromatic rings. The van der Waals surface area contributed by atoms with Gasteiger partial charge in [0.15, 0.2) is 0 Å². The molecule has 2 aromatic carbocycles. The highest BCUT2D eigenvalue weighted by atomic mass is 19.1. The predicted octanol–water partition coefficient (Wildman–Crippen LogP) is 3.05. The van der Waals surface area contributed by atoms with E-state index < -0.39 is 0 Å². The zero-order chi connectivity index (χ0) is 17.1. The summed E-state index contributed by atoms with van der Waals surface area (Å²) >= 11 is 0. The lowest BCUT2D eigenvalue weighted by Gasteiger charge is -2.19. The Bertz CT molecular complexity index is 739. The van der Waals surface area contributed by atoms with Crippen molar-refractivity contribution in [1.82, 2.24) is 4.90 Å². The molecule has 6 heteroatoms. The zero-order valence-corrected chi connectivity index (χ0v) is 13.0. The highest BCUT2D eigenvalue weighted by Gasteiger charge is 2.26. The number of likely N-dealkylation sites (tertiary alicyclic amines) is 1. The highest BCUT2D eigenvalue weighted by Crippen LogP contribution is 2.35. The number of hydrogen-bond acceptors (Lipinski definition) is 4. The van der Waals surface area contributed by atoms with Gasteiger partial charge in [0.25, 0.3) is 5.91 Å². The molecule has 2 N–H and O–H groups in total. The molecule has 126 valence electrons. The van der Waals surface area contributed by atoms with Crippen LogP contribution in [0.15, 0.2) is 36.4 Å². The number of benzene rings is 2. The van der Waals surface area contributed by atoms with Gasteiger partial charge in [-0.05, 0) is 30.5 Å². The molecule has 1 saturated heterocycles. The molecule has 0 aliphatic carbocycles. The van der Waals surface area contributed by atoms with Crippen molar-refractivity contribution in [3.05, 3.63) is 53.3 Å². The van der Waals surface area contributed by atoms with Gasteiger partial charge in [0.1, 0.15) is 35.2 Å². The van der Waals surface area contributed by atoms with Gasteiger partial charge in [0.05, 0.1) is 0 Å². The van der Waals surface area contributed by atoms with Gasteiger partial charge in [-0.1, -0.05) is 12.1 Å². The number of rotatable bonds is 4. The van der Waals surface area contributed by atoms with Crippen LogP contribution in [0.25, 0.3) is 0 Å². The van der Waals surface area contributed by atoms with E-state index in [-0.39, 0.29) is 41.1 Å². The molecule has 0 radical (unpaired) electrons. The molecule has 5 nitrogen and oxygen atoms in total. The Kier molecular flexibility index (Phi) is 4.55. The topological polar surface area (TPSA) is 70.0 Å². The number of hydrogen-bond donors (Lipinski definition) is 2. The number of phenols is 2. The smallest absolute Gasteiger partial charge is 0.261 e. The van der Waals surface area contributed by atoms with Gasteiger partial charge in [0.2, 0.25) is 0 Å². The Morgan fingerprint density at radius 1 is 1.12 bits per heavy atom. The molecule has 24 heavy (non-hydrogen) atoms. The lowest BCUT2D eigenvalue weighted by Crippen LogP contribution is -2.28. The maximum Gasteiger partial charge on any atom is 0.261 e. The molecule has 0 spiro atoms. The average molecular weight is 331 g/mol. The number of carbonyl (C=O) groups excluding carboxylic acids is 1. The molecule has 1 amide bonds. The lowest BCUT2D eigenvalue weighted by atomic mass is 10.1. The van der Waals surface area contributed by atoms with Crippen molar-refractivity contribution in [2.24, 2.45) is 0 Å². The Labute approximate surface area is 138 Å². The van der Waals surface area contributed by atoms with Crippen LogP contribution < -0.4 is 4.74 Å². The first-order chi connectivity index (χ1) is 11.5. The van der Waals surface area contributed by atoms with E-state index in [0.29, 0.717) is 18.7 Å². The summed E-state index contributed by atoms with van der Waals surface area (Å²) < 4.78 is 18.6. The fourth-order valence-corrected chi connectivity index (χ4v) is 2.74. The van der Waals surface area contributed by atoms with Crippen LogP contribution in [0, 0.1) is 5.82 Å². The summed E-state index contributed by atoms with van der Waals surface area (Å²) in [5, 5.41) is 19.8. The van der Waals surface area contributed by atoms with Crippen molar-refractivity contribution >= 4 is 5.91 Å². The van der Waals surface area contributed by atoms with Crippen molar-refractivity contribution < 1.29 is 24.1 Å². The Morgan fingerprint density at radius 3 is 2.46 bits per heavy atom. The normalized spacial score (nSPS) is 14.0. The number of carbonyl (C=O) groups is 1. The maximum absolute atomic E-state index is 12.9. The zero-order valence-electron chi connectivity index (χ0n) is 13.0. The van der Waals surface area contributed by atoms with Gasteiger partial charge in [-0.25, -0.2) is 4.39 Å². The standard InChI is InChI=1S/C18H18FNO4/c19-13-5-3-12(4-6-13)11-24-16-10-14(21)9-15(22)17(16)18(23)20-7-1-2-8-20/h3-6,9-10,21-22H,1-2,7-8,11H2. The first-order valence-corrected chi connectivity index (χ1v) is 7.77. The third kappa shape index (κ3) is 3.42. The summed E-state index contributed by atoms with van der Waals surface area (Å²) in [5.41, 5.74) is 0.746. The minimum Gasteiger partial charge on any atom is -0.508 e. The van der Waals surface area contributed by atoms with Crippen molar-refractivity contribution in [3.8, 4) is 17.2 Å². The number of nitrogens with zero attached hydrogens (tertiary/aromatic N) is 1. The van der Waals surface area contributed by atoms with Crippen LogP contribution >= 0.6 is 0 Å². The molecule has 3 rings (SSSR count). The minimum absolute atomic E-state index is 0.0387. The largest absolute Gasteiger partial charge is 0.508 e. The summed E-state index contributed by atoms with van der Waals surface area (Å²) in [4.78, 5) is 14.3. The number of phenolic OH excluding ortho intramolecular Hbond substituents is 2. The van der Waals surface area contributed by atoms with Crippen LogP contribution in [0.4, 0.5) is 4.39 Å². The van der Waals surface area contributed by atoms with Gasteiger partial charge in [0, 0.05) is 25.2 Å². The van der Waals surface area contributed by atoms with Crippen molar-refractivity contribution in [2.75, 3.05) is 13.1 Å². The fourth-order valence-electron chi connectivity index (χ4n) is 2.74. The van der Waals surface area contributed by atoms with E-state index in [1.54, 1.807) is 17.0 Å². The molecule has 0 atom stereocenters. The highest BCUT2D eigenvalue weighted by molar-refractivity contribution is 6.00. The van der Waals surface area contributed by atoms with Crippen LogP contribution in [-0.4, -0.2) is 34.1 Å². The first kappa shape index (κ1) is 16.1. The van der Waals surface area contributed by atoms with Gasteiger partial charge < -0.3 is 19.8 Å². The van der Waals surface area contributed by atoms with E-state index in [2.05, 4.69) is 0 Å². The van der Waals surface area contributed by atoms with Crippen molar-refractivity contribution in [3.63, 3.8) is 0 Å². The third-order valence-electron chi connectivity index (χ3n) is 3.98. The first-order valence-electron chi connectivity index (χ1n) is 7.77. The molecule has 1 fully saturated rings. The molecule has 1 heterocycles. The Hall–Kier alpha value is -2.76. The van der Waals surface area contributed by atoms with Crippen molar-refractivity contribution in [2.45, 2.75) is 19.4 Å². The van der Waals surface area contributed by atoms with Crippen LogP contribution in [0.5, 0.6) is 17.2 Å². The summed E-state index contributed by atoms with van der Waals surface area (Å²) in [6.45, 7) is 1.36. The molecular formula is C18H18FNO4. The van der Waals surface area contributed by atoms with Gasteiger partial charge >= 0.3 is 0 Å². The fraction of sp³-hybridized carbons (Fsp3) is 0.278. The third-order valence-corrected chi connectivity index (χ3v) is 3.98. The molecule has 0 saturated carbocycles. The second kappa shape index (κ2) is 6.78. The summed E-state index contributed by atoms with van der Waals surface area (Å²) in [6.07, 6.45) is 1.85. The SMILES string of the molecule is O=C(c1c(O)cc(O)cc1OCc1ccc(F)cc1)N1CCCC1. The predicted molar refractivity (Wildman–Crippen MR) is 85.6 cm³/mol. The number of aromatic hydroxyl groups is 2. The van der Waals surface area contributed by atoms with Crippen LogP contribution in [0.1, 0.15) is 28.8 Å². The van der Waals surface area contributed by atoms with Crippen molar-refractivity contribution in [1.29, 1.82) is 0 Å². The Morgan fingerprint density at radius 2 is 1.79 bits per heavy atom. The molecule has 0 bridgehead atoms. The average Bonchev–Trinajstić information content (AvgIpc) is 3.08. The molecule has 1 aliphatic heterocycles. The molecule has 0 aromatic heterocycles. The van der Waals surface area contributed by atoms with E-state index in [1.165, 1.54) is 18.2 Å². The summed E-state index contributed by atoms with van der Waals surface area (Å²) in [7, 11) is 0. The lowest BCUT2D eigenvalue weighted by molar-refractivity contribution is 0.0784. The van der Waals surface area contributed by atoms with E-state index in [1.807, 2.05) is 0 Å². The van der Waals surface area contributed by atoms with Gasteiger partial charge in [-0.2, -0.15) is 0 Å². The van der Waals surface area contributed by atoms with E-state index in [4.69, 9.17) is 4.74 Å². The number of halogens is 1. The Balaban J connectivity index is 1.85. The second-order valence-corrected chi connectivity index (χ2v) is 5.75. The quantitative estimate of drug-likeness (QED) is 0.903. The maximum atomic E-state index is 12.9. The number of ether oxygens (including phenoxy) is 1. The summed E-state index contributed by atoms with van der Waals surface area (Å²) in [5.74, 6) is -1.08. The van der Waals surface area contributed by atoms with Gasteiger partial charge in [-0.15, -0.1) is 0 Å². The summed E-state index contributed by atoms with van der Waals surface area (Å²) in [6, 6.07) is 8.18. The monoisotopic (exact) mass is 331 g/mol. The molecular weight excluding hydrogens is 313 g/mol. The van der Waals surface area contributed by atoms with Crippen LogP contribution in [0.2, 0.25) is 0 Å². The van der Waals surface area contributed by atoms with Crippen LogP contribution in [0.3, 0.4) is 0 Å². The van der Waals surface area contributed by atoms with E-state index in [0.717, 1.165) is 18.9 Å². The van der Waals surface area contributed by atoms with Crippen LogP contribution in [-0.2, 0) is 6.61 Å². The van der Waals surface area contributed by atoms with E-state index in [9.17, 15) is 19.4 Å². The molecule has 0 unspecified atom stereocenters. The number of amides is 1. The van der Waals surface area contributed by atoms with Gasteiger partial charge in [-0.3, -0.25) is 4.79 Å².